The van der Waals surface area contributed by atoms with Crippen LogP contribution in [0.2, 0.25) is 0 Å². The molecular formula is C14H20N2O. The Morgan fingerprint density at radius 1 is 1.41 bits per heavy atom. The van der Waals surface area contributed by atoms with Crippen LogP contribution in [0, 0.1) is 6.92 Å². The van der Waals surface area contributed by atoms with Crippen LogP contribution in [0.25, 0.3) is 0 Å². The predicted molar refractivity (Wildman–Crippen MR) is 68.9 cm³/mol. The van der Waals surface area contributed by atoms with Crippen molar-refractivity contribution in [3.63, 3.8) is 0 Å². The second kappa shape index (κ2) is 5.82. The summed E-state index contributed by atoms with van der Waals surface area (Å²) in [6.45, 7) is 5.27. The van der Waals surface area contributed by atoms with Gasteiger partial charge in [0.2, 0.25) is 5.91 Å². The van der Waals surface area contributed by atoms with E-state index >= 15 is 0 Å². The molecule has 1 amide bonds. The summed E-state index contributed by atoms with van der Waals surface area (Å²) in [5.41, 5.74) is 2.60. The van der Waals surface area contributed by atoms with Crippen LogP contribution < -0.4 is 5.32 Å². The molecule has 1 aliphatic rings. The second-order valence-electron chi connectivity index (χ2n) is 4.65. The van der Waals surface area contributed by atoms with Crippen molar-refractivity contribution < 1.29 is 4.79 Å². The van der Waals surface area contributed by atoms with E-state index in [4.69, 9.17) is 0 Å². The topological polar surface area (TPSA) is 32.3 Å². The normalized spacial score (nSPS) is 17.0. The molecule has 0 aliphatic carbocycles. The Balaban J connectivity index is 1.90. The molecule has 0 atom stereocenters. The van der Waals surface area contributed by atoms with Crippen LogP contribution in [0.15, 0.2) is 24.3 Å². The highest BCUT2D eigenvalue weighted by atomic mass is 16.2. The molecule has 0 spiro atoms. The average molecular weight is 232 g/mol. The standard InChI is InChI=1S/C14H20N2O/c1-12-4-2-5-13(10-12)6-9-16-8-3-7-15-11-14(16)17/h2,4-5,10,15H,3,6-9,11H2,1H3. The van der Waals surface area contributed by atoms with Gasteiger partial charge in [-0.05, 0) is 31.9 Å². The smallest absolute Gasteiger partial charge is 0.236 e. The van der Waals surface area contributed by atoms with Crippen molar-refractivity contribution in [2.24, 2.45) is 0 Å². The van der Waals surface area contributed by atoms with Gasteiger partial charge in [-0.1, -0.05) is 29.8 Å². The van der Waals surface area contributed by atoms with Gasteiger partial charge in [-0.15, -0.1) is 0 Å². The molecule has 1 fully saturated rings. The SMILES string of the molecule is Cc1cccc(CCN2CCCNCC2=O)c1. The summed E-state index contributed by atoms with van der Waals surface area (Å²) in [5, 5.41) is 3.14. The van der Waals surface area contributed by atoms with Crippen molar-refractivity contribution in [1.29, 1.82) is 0 Å². The first-order valence-electron chi connectivity index (χ1n) is 6.30. The Morgan fingerprint density at radius 2 is 2.29 bits per heavy atom. The quantitative estimate of drug-likeness (QED) is 0.853. The largest absolute Gasteiger partial charge is 0.341 e. The Kier molecular flexibility index (Phi) is 4.15. The lowest BCUT2D eigenvalue weighted by Crippen LogP contribution is -2.36. The lowest BCUT2D eigenvalue weighted by atomic mass is 10.1. The first-order valence-corrected chi connectivity index (χ1v) is 6.30. The maximum absolute atomic E-state index is 11.8. The summed E-state index contributed by atoms with van der Waals surface area (Å²) in [6, 6.07) is 8.51. The number of hydrogen-bond acceptors (Lipinski definition) is 2. The Bertz CT molecular complexity index is 390. The van der Waals surface area contributed by atoms with E-state index in [9.17, 15) is 4.79 Å². The molecule has 0 aromatic heterocycles. The number of rotatable bonds is 3. The summed E-state index contributed by atoms with van der Waals surface area (Å²) in [5.74, 6) is 0.232. The molecule has 3 heteroatoms. The van der Waals surface area contributed by atoms with Gasteiger partial charge in [0, 0.05) is 13.1 Å². The zero-order valence-corrected chi connectivity index (χ0v) is 10.4. The summed E-state index contributed by atoms with van der Waals surface area (Å²) in [4.78, 5) is 13.7. The fourth-order valence-electron chi connectivity index (χ4n) is 2.19. The minimum Gasteiger partial charge on any atom is -0.341 e. The van der Waals surface area contributed by atoms with Crippen LogP contribution in [0.3, 0.4) is 0 Å². The van der Waals surface area contributed by atoms with E-state index in [-0.39, 0.29) is 5.91 Å². The minimum atomic E-state index is 0.232. The summed E-state index contributed by atoms with van der Waals surface area (Å²) >= 11 is 0. The Morgan fingerprint density at radius 3 is 3.12 bits per heavy atom. The van der Waals surface area contributed by atoms with Crippen LogP contribution in [-0.4, -0.2) is 37.0 Å². The van der Waals surface area contributed by atoms with Gasteiger partial charge in [0.05, 0.1) is 6.54 Å². The van der Waals surface area contributed by atoms with E-state index < -0.39 is 0 Å². The van der Waals surface area contributed by atoms with Crippen LogP contribution in [0.4, 0.5) is 0 Å². The predicted octanol–water partition coefficient (Wildman–Crippen LogP) is 1.36. The van der Waals surface area contributed by atoms with Gasteiger partial charge in [0.25, 0.3) is 0 Å². The molecule has 1 N–H and O–H groups in total. The van der Waals surface area contributed by atoms with E-state index in [1.54, 1.807) is 0 Å². The molecule has 1 saturated heterocycles. The number of carbonyl (C=O) groups excluding carboxylic acids is 1. The van der Waals surface area contributed by atoms with Gasteiger partial charge in [0.1, 0.15) is 0 Å². The highest BCUT2D eigenvalue weighted by Crippen LogP contribution is 2.06. The monoisotopic (exact) mass is 232 g/mol. The maximum Gasteiger partial charge on any atom is 0.236 e. The molecule has 0 unspecified atom stereocenters. The first kappa shape index (κ1) is 12.1. The van der Waals surface area contributed by atoms with E-state index in [1.165, 1.54) is 11.1 Å². The molecule has 0 saturated carbocycles. The molecule has 17 heavy (non-hydrogen) atoms. The molecule has 0 bridgehead atoms. The van der Waals surface area contributed by atoms with Crippen LogP contribution in [-0.2, 0) is 11.2 Å². The zero-order valence-electron chi connectivity index (χ0n) is 10.4. The lowest BCUT2D eigenvalue weighted by Gasteiger charge is -2.20. The van der Waals surface area contributed by atoms with E-state index in [1.807, 2.05) is 4.90 Å². The molecule has 1 aromatic rings. The Labute approximate surface area is 103 Å². The van der Waals surface area contributed by atoms with Gasteiger partial charge in [-0.2, -0.15) is 0 Å². The maximum atomic E-state index is 11.8. The third-order valence-corrected chi connectivity index (χ3v) is 3.16. The highest BCUT2D eigenvalue weighted by Gasteiger charge is 2.15. The zero-order chi connectivity index (χ0) is 12.1. The summed E-state index contributed by atoms with van der Waals surface area (Å²) in [7, 11) is 0. The van der Waals surface area contributed by atoms with Crippen LogP contribution in [0.1, 0.15) is 17.5 Å². The van der Waals surface area contributed by atoms with Crippen molar-refractivity contribution in [3.05, 3.63) is 35.4 Å². The summed E-state index contributed by atoms with van der Waals surface area (Å²) < 4.78 is 0. The third-order valence-electron chi connectivity index (χ3n) is 3.16. The van der Waals surface area contributed by atoms with E-state index in [0.29, 0.717) is 6.54 Å². The number of hydrogen-bond donors (Lipinski definition) is 1. The van der Waals surface area contributed by atoms with Crippen molar-refractivity contribution in [2.75, 3.05) is 26.2 Å². The number of nitrogens with one attached hydrogen (secondary N) is 1. The molecule has 0 radical (unpaired) electrons. The molecule has 2 rings (SSSR count). The van der Waals surface area contributed by atoms with Crippen LogP contribution in [0.5, 0.6) is 0 Å². The molecule has 92 valence electrons. The molecule has 1 aliphatic heterocycles. The number of amides is 1. The van der Waals surface area contributed by atoms with E-state index in [0.717, 1.165) is 32.5 Å². The number of aryl methyl sites for hydroxylation is 1. The Hall–Kier alpha value is -1.35. The fraction of sp³-hybridized carbons (Fsp3) is 0.500. The highest BCUT2D eigenvalue weighted by molar-refractivity contribution is 5.78. The van der Waals surface area contributed by atoms with Gasteiger partial charge in [0.15, 0.2) is 0 Å². The first-order chi connectivity index (χ1) is 8.25. The molecular weight excluding hydrogens is 212 g/mol. The van der Waals surface area contributed by atoms with Crippen molar-refractivity contribution in [2.45, 2.75) is 19.8 Å². The van der Waals surface area contributed by atoms with Crippen molar-refractivity contribution in [1.82, 2.24) is 10.2 Å². The number of carbonyl (C=O) groups is 1. The molecule has 1 heterocycles. The van der Waals surface area contributed by atoms with Gasteiger partial charge >= 0.3 is 0 Å². The minimum absolute atomic E-state index is 0.232. The van der Waals surface area contributed by atoms with Gasteiger partial charge < -0.3 is 10.2 Å². The fourth-order valence-corrected chi connectivity index (χ4v) is 2.19. The number of nitrogens with zero attached hydrogens (tertiary/aromatic N) is 1. The second-order valence-corrected chi connectivity index (χ2v) is 4.65. The molecule has 3 nitrogen and oxygen atoms in total. The lowest BCUT2D eigenvalue weighted by molar-refractivity contribution is -0.129. The summed E-state index contributed by atoms with van der Waals surface area (Å²) in [6.07, 6.45) is 2.01. The van der Waals surface area contributed by atoms with Crippen LogP contribution >= 0.6 is 0 Å². The van der Waals surface area contributed by atoms with Crippen molar-refractivity contribution >= 4 is 5.91 Å². The van der Waals surface area contributed by atoms with Crippen molar-refractivity contribution in [3.8, 4) is 0 Å². The average Bonchev–Trinajstić information content (AvgIpc) is 2.52. The third kappa shape index (κ3) is 3.56. The van der Waals surface area contributed by atoms with Gasteiger partial charge in [-0.3, -0.25) is 4.79 Å². The molecule has 1 aromatic carbocycles. The number of benzene rings is 1. The van der Waals surface area contributed by atoms with E-state index in [2.05, 4.69) is 36.5 Å². The van der Waals surface area contributed by atoms with Gasteiger partial charge in [-0.25, -0.2) is 0 Å².